The Bertz CT molecular complexity index is 1570. The van der Waals surface area contributed by atoms with Crippen LogP contribution in [0.5, 0.6) is 5.75 Å². The van der Waals surface area contributed by atoms with Gasteiger partial charge < -0.3 is 14.6 Å². The zero-order chi connectivity index (χ0) is 24.4. The zero-order valence-electron chi connectivity index (χ0n) is 19.7. The average molecular weight is 467 g/mol. The lowest BCUT2D eigenvalue weighted by atomic mass is 10.1. The largest absolute Gasteiger partial charge is 0.497 e. The molecule has 0 saturated heterocycles. The molecule has 0 fully saturated rings. The molecule has 0 aliphatic carbocycles. The highest BCUT2D eigenvalue weighted by atomic mass is 16.5. The van der Waals surface area contributed by atoms with E-state index in [-0.39, 0.29) is 18.0 Å². The Morgan fingerprint density at radius 1 is 1.00 bits per heavy atom. The number of benzene rings is 3. The predicted molar refractivity (Wildman–Crippen MR) is 137 cm³/mol. The summed E-state index contributed by atoms with van der Waals surface area (Å²) < 4.78 is 8.58. The Hall–Kier alpha value is -4.39. The lowest BCUT2D eigenvalue weighted by Crippen LogP contribution is -2.29. The summed E-state index contributed by atoms with van der Waals surface area (Å²) in [5, 5.41) is 3.83. The number of aromatic nitrogens is 3. The van der Waals surface area contributed by atoms with Crippen molar-refractivity contribution in [1.82, 2.24) is 19.4 Å². The molecule has 7 nitrogen and oxygen atoms in total. The van der Waals surface area contributed by atoms with Crippen LogP contribution in [0.3, 0.4) is 0 Å². The number of hydrogen-bond donors (Lipinski definition) is 1. The van der Waals surface area contributed by atoms with E-state index in [0.717, 1.165) is 33.3 Å². The van der Waals surface area contributed by atoms with E-state index in [4.69, 9.17) is 4.74 Å². The van der Waals surface area contributed by atoms with Gasteiger partial charge >= 0.3 is 0 Å². The van der Waals surface area contributed by atoms with Crippen molar-refractivity contribution < 1.29 is 9.53 Å². The molecule has 0 saturated carbocycles. The van der Waals surface area contributed by atoms with Gasteiger partial charge in [0, 0.05) is 11.9 Å². The summed E-state index contributed by atoms with van der Waals surface area (Å²) in [5.41, 5.74) is 4.69. The Kier molecular flexibility index (Phi) is 6.06. The molecule has 1 N–H and O–H groups in total. The van der Waals surface area contributed by atoms with Gasteiger partial charge in [-0.05, 0) is 42.3 Å². The molecule has 0 unspecified atom stereocenters. The van der Waals surface area contributed by atoms with E-state index in [1.807, 2.05) is 79.7 Å². The number of carbonyl (C=O) groups is 1. The zero-order valence-corrected chi connectivity index (χ0v) is 19.7. The molecular weight excluding hydrogens is 440 g/mol. The summed E-state index contributed by atoms with van der Waals surface area (Å²) in [7, 11) is 1.62. The topological polar surface area (TPSA) is 78.2 Å². The minimum Gasteiger partial charge on any atom is -0.497 e. The first-order chi connectivity index (χ1) is 17.0. The third-order valence-electron chi connectivity index (χ3n) is 6.13. The summed E-state index contributed by atoms with van der Waals surface area (Å²) in [6, 6.07) is 23.3. The Balaban J connectivity index is 1.53. The van der Waals surface area contributed by atoms with Gasteiger partial charge in [0.2, 0.25) is 5.91 Å². The Morgan fingerprint density at radius 2 is 1.77 bits per heavy atom. The van der Waals surface area contributed by atoms with Crippen molar-refractivity contribution in [1.29, 1.82) is 0 Å². The van der Waals surface area contributed by atoms with Crippen LogP contribution in [0, 0.1) is 6.92 Å². The van der Waals surface area contributed by atoms with Crippen molar-refractivity contribution in [2.45, 2.75) is 26.6 Å². The molecule has 0 atom stereocenters. The molecule has 1 amide bonds. The number of aryl methyl sites for hydroxylation is 1. The van der Waals surface area contributed by atoms with Gasteiger partial charge in [-0.25, -0.2) is 4.98 Å². The van der Waals surface area contributed by atoms with Crippen LogP contribution in [0.25, 0.3) is 21.9 Å². The molecule has 3 aromatic carbocycles. The number of nitrogens with one attached hydrogen (secondary N) is 1. The third kappa shape index (κ3) is 4.53. The van der Waals surface area contributed by atoms with Crippen LogP contribution in [0.1, 0.15) is 16.7 Å². The summed E-state index contributed by atoms with van der Waals surface area (Å²) in [6.45, 7) is 2.82. The molecule has 0 aliphatic heterocycles. The molecule has 0 bridgehead atoms. The van der Waals surface area contributed by atoms with Crippen LogP contribution in [0.4, 0.5) is 0 Å². The van der Waals surface area contributed by atoms with E-state index in [9.17, 15) is 9.59 Å². The lowest BCUT2D eigenvalue weighted by Gasteiger charge is -2.10. The second-order valence-corrected chi connectivity index (χ2v) is 8.59. The number of hydrogen-bond acceptors (Lipinski definition) is 4. The number of carbonyl (C=O) groups excluding carboxylic acids is 1. The SMILES string of the molecule is COc1ccc(Cn2cnc3c4cc(C)ccc4n(CC(=O)NCc4ccccc4)c3c2=O)cc1. The van der Waals surface area contributed by atoms with Crippen molar-refractivity contribution in [3.8, 4) is 5.75 Å². The molecule has 35 heavy (non-hydrogen) atoms. The minimum atomic E-state index is -0.185. The number of nitrogens with zero attached hydrogens (tertiary/aromatic N) is 3. The molecule has 176 valence electrons. The highest BCUT2D eigenvalue weighted by Crippen LogP contribution is 2.26. The van der Waals surface area contributed by atoms with Crippen LogP contribution in [0.15, 0.2) is 83.9 Å². The summed E-state index contributed by atoms with van der Waals surface area (Å²) in [6.07, 6.45) is 1.58. The highest BCUT2D eigenvalue weighted by Gasteiger charge is 2.18. The molecule has 5 rings (SSSR count). The number of fused-ring (bicyclic) bond motifs is 3. The lowest BCUT2D eigenvalue weighted by molar-refractivity contribution is -0.121. The van der Waals surface area contributed by atoms with E-state index < -0.39 is 0 Å². The maximum Gasteiger partial charge on any atom is 0.278 e. The first-order valence-electron chi connectivity index (χ1n) is 11.4. The van der Waals surface area contributed by atoms with Gasteiger partial charge in [-0.2, -0.15) is 0 Å². The van der Waals surface area contributed by atoms with Crippen molar-refractivity contribution in [2.75, 3.05) is 7.11 Å². The van der Waals surface area contributed by atoms with Crippen molar-refractivity contribution in [2.24, 2.45) is 0 Å². The van der Waals surface area contributed by atoms with E-state index in [1.165, 1.54) is 0 Å². The second-order valence-electron chi connectivity index (χ2n) is 8.59. The van der Waals surface area contributed by atoms with Gasteiger partial charge in [-0.3, -0.25) is 14.2 Å². The number of amides is 1. The summed E-state index contributed by atoms with van der Waals surface area (Å²) >= 11 is 0. The Labute approximate surface area is 202 Å². The van der Waals surface area contributed by atoms with Gasteiger partial charge in [-0.15, -0.1) is 0 Å². The molecule has 7 heteroatoms. The monoisotopic (exact) mass is 466 g/mol. The van der Waals surface area contributed by atoms with E-state index >= 15 is 0 Å². The van der Waals surface area contributed by atoms with Gasteiger partial charge in [-0.1, -0.05) is 54.1 Å². The molecule has 2 aromatic heterocycles. The average Bonchev–Trinajstić information content (AvgIpc) is 3.18. The number of ether oxygens (including phenoxy) is 1. The van der Waals surface area contributed by atoms with E-state index in [0.29, 0.717) is 24.1 Å². The molecule has 5 aromatic rings. The fourth-order valence-corrected chi connectivity index (χ4v) is 4.31. The molecule has 0 aliphatic rings. The molecule has 2 heterocycles. The Morgan fingerprint density at radius 3 is 2.51 bits per heavy atom. The normalized spacial score (nSPS) is 11.1. The molecule has 0 radical (unpaired) electrons. The van der Waals surface area contributed by atoms with Crippen LogP contribution in [0.2, 0.25) is 0 Å². The fraction of sp³-hybridized carbons (Fsp3) is 0.179. The van der Waals surface area contributed by atoms with Gasteiger partial charge in [0.25, 0.3) is 5.56 Å². The van der Waals surface area contributed by atoms with Gasteiger partial charge in [0.05, 0.1) is 25.5 Å². The number of rotatable bonds is 7. The standard InChI is InChI=1S/C28H26N4O3/c1-19-8-13-24-23(14-19)26-27(32(24)17-25(33)29-15-20-6-4-3-5-7-20)28(34)31(18-30-26)16-21-9-11-22(35-2)12-10-21/h3-14,18H,15-17H2,1-2H3,(H,29,33). The maximum atomic E-state index is 13.6. The fourth-order valence-electron chi connectivity index (χ4n) is 4.31. The highest BCUT2D eigenvalue weighted by molar-refractivity contribution is 6.06. The number of methoxy groups -OCH3 is 1. The van der Waals surface area contributed by atoms with Crippen LogP contribution < -0.4 is 15.6 Å². The van der Waals surface area contributed by atoms with E-state index in [1.54, 1.807) is 22.6 Å². The van der Waals surface area contributed by atoms with Gasteiger partial charge in [0.1, 0.15) is 23.3 Å². The first-order valence-corrected chi connectivity index (χ1v) is 11.4. The van der Waals surface area contributed by atoms with Crippen LogP contribution in [-0.2, 0) is 24.4 Å². The van der Waals surface area contributed by atoms with Crippen molar-refractivity contribution in [3.63, 3.8) is 0 Å². The van der Waals surface area contributed by atoms with Crippen molar-refractivity contribution in [3.05, 3.63) is 106 Å². The van der Waals surface area contributed by atoms with Gasteiger partial charge in [0.15, 0.2) is 0 Å². The second kappa shape index (κ2) is 9.46. The predicted octanol–water partition coefficient (Wildman–Crippen LogP) is 4.03. The quantitative estimate of drug-likeness (QED) is 0.393. The first kappa shape index (κ1) is 22.4. The smallest absolute Gasteiger partial charge is 0.278 e. The minimum absolute atomic E-state index is 0.0271. The summed E-state index contributed by atoms with van der Waals surface area (Å²) in [4.78, 5) is 31.2. The van der Waals surface area contributed by atoms with Crippen LogP contribution in [-0.4, -0.2) is 27.1 Å². The van der Waals surface area contributed by atoms with Crippen LogP contribution >= 0.6 is 0 Å². The van der Waals surface area contributed by atoms with E-state index in [2.05, 4.69) is 10.3 Å². The molecular formula is C28H26N4O3. The summed E-state index contributed by atoms with van der Waals surface area (Å²) in [5.74, 6) is 0.588. The molecule has 0 spiro atoms. The third-order valence-corrected chi connectivity index (χ3v) is 6.13. The maximum absolute atomic E-state index is 13.6. The van der Waals surface area contributed by atoms with Crippen molar-refractivity contribution >= 4 is 27.8 Å².